The summed E-state index contributed by atoms with van der Waals surface area (Å²) in [6, 6.07) is 0.620. The Morgan fingerprint density at radius 2 is 0.870 bits per heavy atom. The highest BCUT2D eigenvalue weighted by atomic mass is 15.0. The second kappa shape index (κ2) is 38.2. The maximum Gasteiger partial charge on any atom is 0.0258 e. The first-order valence-electron chi connectivity index (χ1n) is 20.6. The topological polar surface area (TPSA) is 15.3 Å². The highest BCUT2D eigenvalue weighted by molar-refractivity contribution is 4.94. The van der Waals surface area contributed by atoms with E-state index < -0.39 is 0 Å². The van der Waals surface area contributed by atoms with E-state index in [-0.39, 0.29) is 0 Å². The molecule has 1 unspecified atom stereocenters. The number of unbranched alkanes of at least 4 members (excludes halogenated alkanes) is 21. The molecule has 0 fully saturated rings. The Morgan fingerprint density at radius 1 is 0.500 bits per heavy atom. The molecular formula is C44H84N2. The summed E-state index contributed by atoms with van der Waals surface area (Å²) in [6.45, 7) is 10.1. The first-order valence-corrected chi connectivity index (χ1v) is 20.6. The molecule has 0 saturated carbocycles. The van der Waals surface area contributed by atoms with Gasteiger partial charge in [0.05, 0.1) is 0 Å². The highest BCUT2D eigenvalue weighted by Crippen LogP contribution is 2.17. The molecule has 46 heavy (non-hydrogen) atoms. The molecule has 0 aromatic carbocycles. The number of hydrogen-bond donors (Lipinski definition) is 1. The van der Waals surface area contributed by atoms with Crippen LogP contribution in [0.4, 0.5) is 0 Å². The number of hydrogen-bond acceptors (Lipinski definition) is 2. The van der Waals surface area contributed by atoms with Crippen molar-refractivity contribution < 1.29 is 0 Å². The molecule has 0 heterocycles. The van der Waals surface area contributed by atoms with Crippen LogP contribution in [0.2, 0.25) is 0 Å². The zero-order valence-electron chi connectivity index (χ0n) is 32.1. The predicted octanol–water partition coefficient (Wildman–Crippen LogP) is 14.4. The van der Waals surface area contributed by atoms with Crippen molar-refractivity contribution in [3.05, 3.63) is 48.7 Å². The lowest BCUT2D eigenvalue weighted by atomic mass is 9.99. The molecule has 1 atom stereocenters. The Balaban J connectivity index is 3.98. The van der Waals surface area contributed by atoms with Crippen molar-refractivity contribution in [2.24, 2.45) is 0 Å². The van der Waals surface area contributed by atoms with Gasteiger partial charge in [0.25, 0.3) is 0 Å². The van der Waals surface area contributed by atoms with Crippen molar-refractivity contribution in [2.75, 3.05) is 20.6 Å². The lowest BCUT2D eigenvalue weighted by Gasteiger charge is -2.22. The van der Waals surface area contributed by atoms with E-state index in [1.165, 1.54) is 185 Å². The third kappa shape index (κ3) is 37.2. The van der Waals surface area contributed by atoms with E-state index in [0.29, 0.717) is 6.04 Å². The van der Waals surface area contributed by atoms with Crippen molar-refractivity contribution in [1.29, 1.82) is 0 Å². The first-order chi connectivity index (χ1) is 22.6. The second-order valence-electron chi connectivity index (χ2n) is 14.5. The molecule has 0 aliphatic carbocycles. The van der Waals surface area contributed by atoms with Gasteiger partial charge in [-0.15, -0.1) is 0 Å². The number of rotatable bonds is 37. The maximum absolute atomic E-state index is 4.40. The van der Waals surface area contributed by atoms with Crippen LogP contribution in [0.25, 0.3) is 0 Å². The summed E-state index contributed by atoms with van der Waals surface area (Å²) in [5.41, 5.74) is 1.26. The van der Waals surface area contributed by atoms with Gasteiger partial charge in [0.15, 0.2) is 0 Å². The van der Waals surface area contributed by atoms with Gasteiger partial charge in [-0.3, -0.25) is 0 Å². The summed E-state index contributed by atoms with van der Waals surface area (Å²) in [5, 5.41) is 3.86. The molecule has 2 nitrogen and oxygen atoms in total. The highest BCUT2D eigenvalue weighted by Gasteiger charge is 2.09. The molecule has 270 valence electrons. The zero-order chi connectivity index (χ0) is 33.6. The SMILES string of the molecule is C=C(CCCN(C)C)NC(CCCCCCCC/C=C\C/C=C\CCCCC)CCCCCCCC/C=C\CCCCCCCC. The standard InChI is InChI=1S/C44H84N2/c1-6-8-10-12-14-16-18-20-22-24-26-28-30-32-34-36-40-44(45-43(3)39-38-42-46(4)5)41-37-35-33-31-29-27-25-23-21-19-17-15-13-11-9-7-2/h14,16,20-23,44-45H,3,6-13,15,17-19,24-42H2,1-2,4-5H3/b16-14-,22-20-,23-21-. The van der Waals surface area contributed by atoms with E-state index in [2.05, 4.69) is 81.2 Å². The zero-order valence-corrected chi connectivity index (χ0v) is 32.1. The van der Waals surface area contributed by atoms with Crippen molar-refractivity contribution in [1.82, 2.24) is 10.2 Å². The molecule has 0 amide bonds. The average Bonchev–Trinajstić information content (AvgIpc) is 3.04. The van der Waals surface area contributed by atoms with Gasteiger partial charge in [-0.25, -0.2) is 0 Å². The van der Waals surface area contributed by atoms with Crippen LogP contribution in [0.1, 0.15) is 206 Å². The lowest BCUT2D eigenvalue weighted by Crippen LogP contribution is -2.28. The smallest absolute Gasteiger partial charge is 0.0258 e. The van der Waals surface area contributed by atoms with Gasteiger partial charge < -0.3 is 10.2 Å². The minimum atomic E-state index is 0.620. The van der Waals surface area contributed by atoms with Crippen LogP contribution in [-0.4, -0.2) is 31.6 Å². The Labute approximate surface area is 291 Å². The fraction of sp³-hybridized carbons (Fsp3) is 0.818. The van der Waals surface area contributed by atoms with Crippen LogP contribution in [0.3, 0.4) is 0 Å². The van der Waals surface area contributed by atoms with Gasteiger partial charge in [0, 0.05) is 11.7 Å². The monoisotopic (exact) mass is 641 g/mol. The number of nitrogens with zero attached hydrogens (tertiary/aromatic N) is 1. The third-order valence-electron chi connectivity index (χ3n) is 9.31. The molecular weight excluding hydrogens is 556 g/mol. The van der Waals surface area contributed by atoms with Gasteiger partial charge in [0.1, 0.15) is 0 Å². The van der Waals surface area contributed by atoms with Gasteiger partial charge in [-0.1, -0.05) is 166 Å². The summed E-state index contributed by atoms with van der Waals surface area (Å²) in [7, 11) is 4.33. The Bertz CT molecular complexity index is 688. The van der Waals surface area contributed by atoms with E-state index in [9.17, 15) is 0 Å². The fourth-order valence-electron chi connectivity index (χ4n) is 6.28. The Morgan fingerprint density at radius 3 is 1.33 bits per heavy atom. The molecule has 0 aliphatic rings. The van der Waals surface area contributed by atoms with Crippen molar-refractivity contribution in [2.45, 2.75) is 213 Å². The van der Waals surface area contributed by atoms with Crippen LogP contribution < -0.4 is 5.32 Å². The number of allylic oxidation sites excluding steroid dienone is 7. The molecule has 0 saturated heterocycles. The molecule has 0 radical (unpaired) electrons. The van der Waals surface area contributed by atoms with Crippen LogP contribution in [0, 0.1) is 0 Å². The minimum absolute atomic E-state index is 0.620. The average molecular weight is 641 g/mol. The van der Waals surface area contributed by atoms with Crippen LogP contribution >= 0.6 is 0 Å². The summed E-state index contributed by atoms with van der Waals surface area (Å²) in [6.07, 6.45) is 54.5. The largest absolute Gasteiger partial charge is 0.386 e. The predicted molar refractivity (Wildman–Crippen MR) is 212 cm³/mol. The van der Waals surface area contributed by atoms with Gasteiger partial charge in [-0.2, -0.15) is 0 Å². The molecule has 0 bridgehead atoms. The third-order valence-corrected chi connectivity index (χ3v) is 9.31. The van der Waals surface area contributed by atoms with Crippen molar-refractivity contribution >= 4 is 0 Å². The molecule has 0 aromatic rings. The van der Waals surface area contributed by atoms with Crippen LogP contribution in [0.5, 0.6) is 0 Å². The van der Waals surface area contributed by atoms with E-state index in [0.717, 1.165) is 19.4 Å². The molecule has 0 rings (SSSR count). The fourth-order valence-corrected chi connectivity index (χ4v) is 6.28. The lowest BCUT2D eigenvalue weighted by molar-refractivity contribution is 0.391. The Kier molecular flexibility index (Phi) is 37.1. The van der Waals surface area contributed by atoms with E-state index >= 15 is 0 Å². The summed E-state index contributed by atoms with van der Waals surface area (Å²) < 4.78 is 0. The summed E-state index contributed by atoms with van der Waals surface area (Å²) in [5.74, 6) is 0. The molecule has 2 heteroatoms. The quantitative estimate of drug-likeness (QED) is 0.0537. The van der Waals surface area contributed by atoms with Crippen LogP contribution in [0.15, 0.2) is 48.7 Å². The summed E-state index contributed by atoms with van der Waals surface area (Å²) in [4.78, 5) is 2.28. The molecule has 0 spiro atoms. The summed E-state index contributed by atoms with van der Waals surface area (Å²) >= 11 is 0. The van der Waals surface area contributed by atoms with E-state index in [1.54, 1.807) is 0 Å². The molecule has 0 aromatic heterocycles. The van der Waals surface area contributed by atoms with Gasteiger partial charge in [0.2, 0.25) is 0 Å². The molecule has 0 aliphatic heterocycles. The number of nitrogens with one attached hydrogen (secondary N) is 1. The maximum atomic E-state index is 4.40. The van der Waals surface area contributed by atoms with Crippen LogP contribution in [-0.2, 0) is 0 Å². The first kappa shape index (κ1) is 44.7. The van der Waals surface area contributed by atoms with Crippen molar-refractivity contribution in [3.63, 3.8) is 0 Å². The van der Waals surface area contributed by atoms with E-state index in [1.807, 2.05) is 0 Å². The van der Waals surface area contributed by atoms with Crippen molar-refractivity contribution in [3.8, 4) is 0 Å². The minimum Gasteiger partial charge on any atom is -0.386 e. The van der Waals surface area contributed by atoms with E-state index in [4.69, 9.17) is 0 Å². The Hall–Kier alpha value is -1.28. The van der Waals surface area contributed by atoms with Gasteiger partial charge in [-0.05, 0) is 104 Å². The second-order valence-corrected chi connectivity index (χ2v) is 14.5. The molecule has 1 N–H and O–H groups in total. The normalized spacial score (nSPS) is 12.8. The van der Waals surface area contributed by atoms with Gasteiger partial charge >= 0.3 is 0 Å².